The highest BCUT2D eigenvalue weighted by molar-refractivity contribution is 7.47. The molecular formula is C46H84NO8P. The van der Waals surface area contributed by atoms with Crippen molar-refractivity contribution < 1.29 is 37.9 Å². The van der Waals surface area contributed by atoms with Crippen LogP contribution in [0.1, 0.15) is 200 Å². The number of carbonyl (C=O) groups is 2. The second-order valence-corrected chi connectivity index (χ2v) is 16.5. The summed E-state index contributed by atoms with van der Waals surface area (Å²) in [5, 5.41) is 12.7. The molecule has 0 saturated heterocycles. The first-order valence-electron chi connectivity index (χ1n) is 22.6. The van der Waals surface area contributed by atoms with Crippen LogP contribution in [0, 0.1) is 0 Å². The van der Waals surface area contributed by atoms with E-state index in [0.29, 0.717) is 6.42 Å². The predicted molar refractivity (Wildman–Crippen MR) is 234 cm³/mol. The number of phosphoric ester groups is 1. The number of aliphatic hydroxyl groups is 1. The van der Waals surface area contributed by atoms with Gasteiger partial charge in [-0.05, 0) is 77.0 Å². The van der Waals surface area contributed by atoms with Gasteiger partial charge in [-0.3, -0.25) is 18.6 Å². The molecule has 0 aliphatic carbocycles. The van der Waals surface area contributed by atoms with Crippen molar-refractivity contribution in [2.45, 2.75) is 206 Å². The van der Waals surface area contributed by atoms with Crippen LogP contribution < -0.4 is 5.32 Å². The van der Waals surface area contributed by atoms with Crippen molar-refractivity contribution in [2.75, 3.05) is 26.4 Å². The minimum Gasteiger partial charge on any atom is -0.463 e. The summed E-state index contributed by atoms with van der Waals surface area (Å²) in [6, 6.07) is 0. The first kappa shape index (κ1) is 54.0. The highest BCUT2D eigenvalue weighted by Gasteiger charge is 2.23. The number of hydrogen-bond acceptors (Lipinski definition) is 7. The topological polar surface area (TPSA) is 131 Å². The molecule has 0 spiro atoms. The van der Waals surface area contributed by atoms with Crippen LogP contribution in [-0.2, 0) is 27.9 Å². The maximum absolute atomic E-state index is 12.1. The maximum atomic E-state index is 12.1. The molecule has 0 aliphatic heterocycles. The molecule has 0 radical (unpaired) electrons. The van der Waals surface area contributed by atoms with Crippen molar-refractivity contribution in [2.24, 2.45) is 0 Å². The molecule has 9 nitrogen and oxygen atoms in total. The van der Waals surface area contributed by atoms with Gasteiger partial charge in [0.15, 0.2) is 0 Å². The van der Waals surface area contributed by atoms with Crippen molar-refractivity contribution in [3.05, 3.63) is 48.6 Å². The van der Waals surface area contributed by atoms with Gasteiger partial charge < -0.3 is 20.1 Å². The van der Waals surface area contributed by atoms with E-state index < -0.39 is 26.5 Å². The van der Waals surface area contributed by atoms with Crippen LogP contribution >= 0.6 is 7.82 Å². The Labute approximate surface area is 343 Å². The smallest absolute Gasteiger partial charge is 0.463 e. The molecule has 0 aromatic heterocycles. The number of aliphatic hydroxyl groups excluding tert-OH is 1. The summed E-state index contributed by atoms with van der Waals surface area (Å²) in [4.78, 5) is 33.9. The van der Waals surface area contributed by atoms with Crippen LogP contribution in [-0.4, -0.2) is 54.3 Å². The Morgan fingerprint density at radius 1 is 0.554 bits per heavy atom. The molecule has 0 fully saturated rings. The third-order valence-electron chi connectivity index (χ3n) is 9.48. The zero-order chi connectivity index (χ0) is 41.1. The van der Waals surface area contributed by atoms with E-state index in [2.05, 4.69) is 67.8 Å². The van der Waals surface area contributed by atoms with Gasteiger partial charge in [0, 0.05) is 19.4 Å². The molecule has 0 saturated carbocycles. The SMILES string of the molecule is CCCCC/C=C\C/C=C\C/C=C\CCCCCCCCCCC(=O)NCCOP(=O)(O)OCC(O)COC(=O)CCCCCCC/C=C\CCCCCCC. The van der Waals surface area contributed by atoms with Gasteiger partial charge in [-0.25, -0.2) is 4.57 Å². The third kappa shape index (κ3) is 43.1. The fourth-order valence-electron chi connectivity index (χ4n) is 6.03. The van der Waals surface area contributed by atoms with Crippen LogP contribution in [0.5, 0.6) is 0 Å². The first-order valence-corrected chi connectivity index (χ1v) is 24.1. The number of carbonyl (C=O) groups excluding carboxylic acids is 2. The van der Waals surface area contributed by atoms with Gasteiger partial charge in [-0.15, -0.1) is 0 Å². The van der Waals surface area contributed by atoms with Crippen molar-refractivity contribution in [1.82, 2.24) is 5.32 Å². The molecule has 0 heterocycles. The fourth-order valence-corrected chi connectivity index (χ4v) is 6.79. The lowest BCUT2D eigenvalue weighted by Gasteiger charge is -2.15. The Bertz CT molecular complexity index is 1060. The van der Waals surface area contributed by atoms with Gasteiger partial charge in [-0.2, -0.15) is 0 Å². The summed E-state index contributed by atoms with van der Waals surface area (Å²) in [5.74, 6) is -0.532. The van der Waals surface area contributed by atoms with Gasteiger partial charge in [0.25, 0.3) is 0 Å². The number of esters is 1. The summed E-state index contributed by atoms with van der Waals surface area (Å²) >= 11 is 0. The average Bonchev–Trinajstić information content (AvgIpc) is 3.18. The molecule has 2 atom stereocenters. The van der Waals surface area contributed by atoms with Crippen molar-refractivity contribution in [1.29, 1.82) is 0 Å². The van der Waals surface area contributed by atoms with Crippen molar-refractivity contribution >= 4 is 19.7 Å². The molecule has 0 bridgehead atoms. The largest absolute Gasteiger partial charge is 0.472 e. The quantitative estimate of drug-likeness (QED) is 0.0240. The molecule has 1 amide bonds. The number of nitrogens with one attached hydrogen (secondary N) is 1. The Morgan fingerprint density at radius 2 is 0.964 bits per heavy atom. The van der Waals surface area contributed by atoms with Gasteiger partial charge >= 0.3 is 13.8 Å². The number of unbranched alkanes of at least 4 members (excludes halogenated alkanes) is 21. The lowest BCUT2D eigenvalue weighted by molar-refractivity contribution is -0.147. The van der Waals surface area contributed by atoms with E-state index in [1.54, 1.807) is 0 Å². The molecule has 3 N–H and O–H groups in total. The van der Waals surface area contributed by atoms with Gasteiger partial charge in [-0.1, -0.05) is 159 Å². The monoisotopic (exact) mass is 810 g/mol. The van der Waals surface area contributed by atoms with Crippen LogP contribution in [0.3, 0.4) is 0 Å². The fraction of sp³-hybridized carbons (Fsp3) is 0.783. The molecule has 0 aromatic rings. The van der Waals surface area contributed by atoms with Gasteiger partial charge in [0.2, 0.25) is 5.91 Å². The summed E-state index contributed by atoms with van der Waals surface area (Å²) in [6.45, 7) is 3.50. The Hall–Kier alpha value is -2.03. The maximum Gasteiger partial charge on any atom is 0.472 e. The highest BCUT2D eigenvalue weighted by Crippen LogP contribution is 2.42. The Kier molecular flexibility index (Phi) is 41.0. The molecule has 10 heteroatoms. The summed E-state index contributed by atoms with van der Waals surface area (Å²) < 4.78 is 26.9. The van der Waals surface area contributed by atoms with E-state index in [0.717, 1.165) is 77.0 Å². The lowest BCUT2D eigenvalue weighted by atomic mass is 10.1. The third-order valence-corrected chi connectivity index (χ3v) is 10.5. The van der Waals surface area contributed by atoms with E-state index in [4.69, 9.17) is 13.8 Å². The van der Waals surface area contributed by atoms with E-state index in [-0.39, 0.29) is 32.1 Å². The molecule has 326 valence electrons. The van der Waals surface area contributed by atoms with Crippen LogP contribution in [0.15, 0.2) is 48.6 Å². The normalized spacial score (nSPS) is 13.7. The van der Waals surface area contributed by atoms with Crippen molar-refractivity contribution in [3.63, 3.8) is 0 Å². The van der Waals surface area contributed by atoms with Gasteiger partial charge in [0.1, 0.15) is 12.7 Å². The second kappa shape index (κ2) is 42.6. The number of ether oxygens (including phenoxy) is 1. The first-order chi connectivity index (χ1) is 27.3. The van der Waals surface area contributed by atoms with Crippen molar-refractivity contribution in [3.8, 4) is 0 Å². The summed E-state index contributed by atoms with van der Waals surface area (Å²) in [5.41, 5.74) is 0. The number of allylic oxidation sites excluding steroid dienone is 8. The number of amides is 1. The highest BCUT2D eigenvalue weighted by atomic mass is 31.2. The van der Waals surface area contributed by atoms with E-state index in [1.807, 2.05) is 0 Å². The summed E-state index contributed by atoms with van der Waals surface area (Å²) in [6.07, 6.45) is 48.9. The number of rotatable bonds is 42. The standard InChI is InChI=1S/C46H84NO8P/c1-3-5-7-9-11-13-15-17-19-20-21-22-23-24-25-26-28-30-32-34-36-38-45(49)47-40-41-54-56(51,52)55-43-44(48)42-53-46(50)39-37-35-33-31-29-27-18-16-14-12-10-8-6-4-2/h11,13,16-19,21-22,44,48H,3-10,12,14-15,20,23-43H2,1-2H3,(H,47,49)(H,51,52)/b13-11-,18-16-,19-17-,22-21-. The number of hydrogen-bond donors (Lipinski definition) is 3. The Balaban J connectivity index is 3.61. The van der Waals surface area contributed by atoms with Gasteiger partial charge in [0.05, 0.1) is 13.2 Å². The number of phosphoric acid groups is 1. The molecule has 0 aromatic carbocycles. The van der Waals surface area contributed by atoms with Crippen LogP contribution in [0.2, 0.25) is 0 Å². The second-order valence-electron chi connectivity index (χ2n) is 15.0. The zero-order valence-corrected chi connectivity index (χ0v) is 36.7. The van der Waals surface area contributed by atoms with Crippen LogP contribution in [0.25, 0.3) is 0 Å². The predicted octanol–water partition coefficient (Wildman–Crippen LogP) is 12.7. The molecular weight excluding hydrogens is 725 g/mol. The van der Waals surface area contributed by atoms with E-state index in [1.165, 1.54) is 96.3 Å². The van der Waals surface area contributed by atoms with Crippen LogP contribution in [0.4, 0.5) is 0 Å². The minimum atomic E-state index is -4.42. The average molecular weight is 810 g/mol. The summed E-state index contributed by atoms with van der Waals surface area (Å²) in [7, 11) is -4.42. The molecule has 2 unspecified atom stereocenters. The van der Waals surface area contributed by atoms with E-state index in [9.17, 15) is 24.2 Å². The minimum absolute atomic E-state index is 0.0754. The molecule has 0 aliphatic rings. The lowest BCUT2D eigenvalue weighted by Crippen LogP contribution is -2.27. The zero-order valence-electron chi connectivity index (χ0n) is 35.8. The van der Waals surface area contributed by atoms with E-state index >= 15 is 0 Å². The molecule has 0 rings (SSSR count). The molecule has 56 heavy (non-hydrogen) atoms. The Morgan fingerprint density at radius 3 is 1.50 bits per heavy atom.